The van der Waals surface area contributed by atoms with Gasteiger partial charge < -0.3 is 15.6 Å². The monoisotopic (exact) mass is 271 g/mol. The van der Waals surface area contributed by atoms with Gasteiger partial charge >= 0.3 is 0 Å². The highest BCUT2D eigenvalue weighted by Gasteiger charge is 2.05. The van der Waals surface area contributed by atoms with Gasteiger partial charge in [0.15, 0.2) is 0 Å². The number of nitrogens with zero attached hydrogens (tertiary/aromatic N) is 5. The van der Waals surface area contributed by atoms with Crippen LogP contribution in [0.15, 0.2) is 30.9 Å². The fraction of sp³-hybridized carbons (Fsp3) is 0.167. The normalized spacial score (nSPS) is 10.8. The molecule has 1 amide bonds. The summed E-state index contributed by atoms with van der Waals surface area (Å²) in [6.45, 7) is 0.0411. The number of aryl methyl sites for hydroxylation is 1. The Balaban J connectivity index is 1.83. The standard InChI is InChI=1S/C12H13N7O/c1-18-3-2-8-4-14-12(17-11(8)18)16-9-5-15-19(6-9)7-10(13)20/h2-6H,7H2,1H3,(H2,13,20)(H,14,16,17). The molecule has 0 aliphatic heterocycles. The Hall–Kier alpha value is -2.90. The van der Waals surface area contributed by atoms with Crippen molar-refractivity contribution in [2.45, 2.75) is 6.54 Å². The highest BCUT2D eigenvalue weighted by Crippen LogP contribution is 2.16. The first-order chi connectivity index (χ1) is 9.61. The van der Waals surface area contributed by atoms with Gasteiger partial charge in [0.05, 0.1) is 11.9 Å². The van der Waals surface area contributed by atoms with E-state index in [4.69, 9.17) is 5.73 Å². The second-order valence-corrected chi connectivity index (χ2v) is 4.42. The van der Waals surface area contributed by atoms with E-state index in [1.807, 2.05) is 23.9 Å². The summed E-state index contributed by atoms with van der Waals surface area (Å²) in [6.07, 6.45) is 6.93. The molecule has 0 bridgehead atoms. The van der Waals surface area contributed by atoms with Gasteiger partial charge in [-0.3, -0.25) is 9.48 Å². The minimum Gasteiger partial charge on any atom is -0.368 e. The Kier molecular flexibility index (Phi) is 2.82. The number of nitrogens with one attached hydrogen (secondary N) is 1. The molecule has 0 unspecified atom stereocenters. The van der Waals surface area contributed by atoms with Crippen LogP contribution >= 0.6 is 0 Å². The summed E-state index contributed by atoms with van der Waals surface area (Å²) in [5.74, 6) is 0.0269. The fourth-order valence-corrected chi connectivity index (χ4v) is 1.91. The minimum atomic E-state index is -0.443. The molecule has 3 aromatic rings. The van der Waals surface area contributed by atoms with Gasteiger partial charge in [0, 0.05) is 31.0 Å². The van der Waals surface area contributed by atoms with Crippen molar-refractivity contribution in [3.63, 3.8) is 0 Å². The molecule has 0 atom stereocenters. The molecule has 0 saturated heterocycles. The zero-order valence-electron chi connectivity index (χ0n) is 10.8. The number of anilines is 2. The zero-order chi connectivity index (χ0) is 14.1. The van der Waals surface area contributed by atoms with Crippen LogP contribution in [-0.2, 0) is 18.4 Å². The molecule has 3 heterocycles. The summed E-state index contributed by atoms with van der Waals surface area (Å²) in [7, 11) is 1.92. The topological polar surface area (TPSA) is 104 Å². The van der Waals surface area contributed by atoms with Crippen molar-refractivity contribution in [1.82, 2.24) is 24.3 Å². The minimum absolute atomic E-state index is 0.0411. The molecule has 0 radical (unpaired) electrons. The summed E-state index contributed by atoms with van der Waals surface area (Å²) in [5.41, 5.74) is 6.64. The number of hydrogen-bond acceptors (Lipinski definition) is 5. The van der Waals surface area contributed by atoms with E-state index in [2.05, 4.69) is 20.4 Å². The van der Waals surface area contributed by atoms with Gasteiger partial charge in [-0.25, -0.2) is 4.98 Å². The number of nitrogens with two attached hydrogens (primary N) is 1. The summed E-state index contributed by atoms with van der Waals surface area (Å²) in [6, 6.07) is 1.95. The maximum atomic E-state index is 10.8. The molecule has 3 N–H and O–H groups in total. The van der Waals surface area contributed by atoms with Gasteiger partial charge in [-0.15, -0.1) is 0 Å². The predicted molar refractivity (Wildman–Crippen MR) is 73.2 cm³/mol. The van der Waals surface area contributed by atoms with Gasteiger partial charge in [0.2, 0.25) is 11.9 Å². The van der Waals surface area contributed by atoms with Crippen LogP contribution in [0.2, 0.25) is 0 Å². The SMILES string of the molecule is Cn1ccc2cnc(Nc3cnn(CC(N)=O)c3)nc21. The van der Waals surface area contributed by atoms with E-state index in [-0.39, 0.29) is 6.54 Å². The Morgan fingerprint density at radius 2 is 2.30 bits per heavy atom. The molecule has 102 valence electrons. The van der Waals surface area contributed by atoms with Gasteiger partial charge in [0.25, 0.3) is 0 Å². The highest BCUT2D eigenvalue weighted by molar-refractivity contribution is 5.76. The van der Waals surface area contributed by atoms with Crippen molar-refractivity contribution >= 4 is 28.6 Å². The van der Waals surface area contributed by atoms with E-state index in [0.717, 1.165) is 11.0 Å². The summed E-state index contributed by atoms with van der Waals surface area (Å²) < 4.78 is 3.37. The molecule has 8 heteroatoms. The van der Waals surface area contributed by atoms with E-state index >= 15 is 0 Å². The van der Waals surface area contributed by atoms with Gasteiger partial charge in [-0.05, 0) is 6.07 Å². The van der Waals surface area contributed by atoms with Crippen LogP contribution in [0.1, 0.15) is 0 Å². The van der Waals surface area contributed by atoms with Gasteiger partial charge in [-0.1, -0.05) is 0 Å². The third-order valence-electron chi connectivity index (χ3n) is 2.81. The van der Waals surface area contributed by atoms with Crippen LogP contribution in [0, 0.1) is 0 Å². The molecular weight excluding hydrogens is 258 g/mol. The Labute approximate surface area is 114 Å². The number of fused-ring (bicyclic) bond motifs is 1. The van der Waals surface area contributed by atoms with E-state index < -0.39 is 5.91 Å². The van der Waals surface area contributed by atoms with E-state index in [0.29, 0.717) is 11.6 Å². The number of aromatic nitrogens is 5. The van der Waals surface area contributed by atoms with Crippen molar-refractivity contribution in [1.29, 1.82) is 0 Å². The molecule has 3 rings (SSSR count). The number of carbonyl (C=O) groups excluding carboxylic acids is 1. The molecule has 20 heavy (non-hydrogen) atoms. The van der Waals surface area contributed by atoms with E-state index in [1.54, 1.807) is 18.6 Å². The molecule has 3 aromatic heterocycles. The summed E-state index contributed by atoms with van der Waals surface area (Å²) in [5, 5.41) is 8.03. The van der Waals surface area contributed by atoms with Crippen LogP contribution in [0.25, 0.3) is 11.0 Å². The van der Waals surface area contributed by atoms with Crippen LogP contribution in [-0.4, -0.2) is 30.2 Å². The lowest BCUT2D eigenvalue weighted by Crippen LogP contribution is -2.18. The summed E-state index contributed by atoms with van der Waals surface area (Å²) >= 11 is 0. The molecule has 0 fully saturated rings. The van der Waals surface area contributed by atoms with Crippen LogP contribution < -0.4 is 11.1 Å². The quantitative estimate of drug-likeness (QED) is 0.714. The molecular formula is C12H13N7O. The van der Waals surface area contributed by atoms with Crippen molar-refractivity contribution < 1.29 is 4.79 Å². The smallest absolute Gasteiger partial charge is 0.239 e. The molecule has 0 spiro atoms. The lowest BCUT2D eigenvalue weighted by molar-refractivity contribution is -0.118. The molecule has 8 nitrogen and oxygen atoms in total. The molecule has 0 aliphatic rings. The first-order valence-electron chi connectivity index (χ1n) is 5.98. The number of primary amides is 1. The lowest BCUT2D eigenvalue weighted by Gasteiger charge is -2.02. The van der Waals surface area contributed by atoms with E-state index in [9.17, 15) is 4.79 Å². The first kappa shape index (κ1) is 12.2. The van der Waals surface area contributed by atoms with Crippen molar-refractivity contribution in [2.75, 3.05) is 5.32 Å². The Morgan fingerprint density at radius 3 is 3.10 bits per heavy atom. The first-order valence-corrected chi connectivity index (χ1v) is 5.98. The second-order valence-electron chi connectivity index (χ2n) is 4.42. The Morgan fingerprint density at radius 1 is 1.45 bits per heavy atom. The Bertz CT molecular complexity index is 773. The number of amides is 1. The third kappa shape index (κ3) is 2.30. The average Bonchev–Trinajstić information content (AvgIpc) is 2.97. The van der Waals surface area contributed by atoms with Gasteiger partial charge in [0.1, 0.15) is 12.2 Å². The molecule has 0 aromatic carbocycles. The van der Waals surface area contributed by atoms with Crippen molar-refractivity contribution in [2.24, 2.45) is 12.8 Å². The van der Waals surface area contributed by atoms with Crippen molar-refractivity contribution in [3.05, 3.63) is 30.9 Å². The van der Waals surface area contributed by atoms with Crippen LogP contribution in [0.3, 0.4) is 0 Å². The van der Waals surface area contributed by atoms with Gasteiger partial charge in [-0.2, -0.15) is 10.1 Å². The second kappa shape index (κ2) is 4.65. The number of hydrogen-bond donors (Lipinski definition) is 2. The third-order valence-corrected chi connectivity index (χ3v) is 2.81. The number of rotatable bonds is 4. The molecule has 0 aliphatic carbocycles. The number of carbonyl (C=O) groups is 1. The van der Waals surface area contributed by atoms with E-state index in [1.165, 1.54) is 4.68 Å². The highest BCUT2D eigenvalue weighted by atomic mass is 16.1. The largest absolute Gasteiger partial charge is 0.368 e. The lowest BCUT2D eigenvalue weighted by atomic mass is 10.4. The van der Waals surface area contributed by atoms with Crippen LogP contribution in [0.5, 0.6) is 0 Å². The fourth-order valence-electron chi connectivity index (χ4n) is 1.91. The maximum Gasteiger partial charge on any atom is 0.239 e. The average molecular weight is 271 g/mol. The maximum absolute atomic E-state index is 10.8. The predicted octanol–water partition coefficient (Wildman–Crippen LogP) is 0.394. The van der Waals surface area contributed by atoms with Crippen molar-refractivity contribution in [3.8, 4) is 0 Å². The zero-order valence-corrected chi connectivity index (χ0v) is 10.8. The van der Waals surface area contributed by atoms with Crippen LogP contribution in [0.4, 0.5) is 11.6 Å². The summed E-state index contributed by atoms with van der Waals surface area (Å²) in [4.78, 5) is 19.4. The molecule has 0 saturated carbocycles.